The third-order valence-electron chi connectivity index (χ3n) is 2.83. The number of hydrogen-bond acceptors (Lipinski definition) is 7. The molecule has 0 N–H and O–H groups in total. The average Bonchev–Trinajstić information content (AvgIpc) is 2.53. The molecule has 1 aromatic rings. The average molecular weight is 381 g/mol. The summed E-state index contributed by atoms with van der Waals surface area (Å²) in [4.78, 5) is -0.127. The first-order chi connectivity index (χ1) is 11.2. The molecule has 0 aromatic heterocycles. The number of benzene rings is 1. The largest absolute Gasteiger partial charge is 0.370 e. The van der Waals surface area contributed by atoms with E-state index in [1.54, 1.807) is 19.1 Å². The summed E-state index contributed by atoms with van der Waals surface area (Å²) < 4.78 is 64.8. The summed E-state index contributed by atoms with van der Waals surface area (Å²) in [7, 11) is -8.30. The van der Waals surface area contributed by atoms with Crippen LogP contribution in [0.5, 0.6) is 0 Å². The van der Waals surface area contributed by atoms with Gasteiger partial charge in [-0.2, -0.15) is 8.42 Å². The van der Waals surface area contributed by atoms with Gasteiger partial charge in [-0.15, -0.1) is 0 Å². The van der Waals surface area contributed by atoms with Crippen LogP contribution < -0.4 is 0 Å². The molecule has 0 fully saturated rings. The normalized spacial score (nSPS) is 14.5. The fourth-order valence-electron chi connectivity index (χ4n) is 1.66. The Morgan fingerprint density at radius 1 is 1.21 bits per heavy atom. The van der Waals surface area contributed by atoms with Gasteiger partial charge in [0.1, 0.15) is 10.6 Å². The first kappa shape index (κ1) is 20.8. The van der Waals surface area contributed by atoms with Gasteiger partial charge in [0.2, 0.25) is 5.91 Å². The van der Waals surface area contributed by atoms with Crippen LogP contribution in [-0.4, -0.2) is 33.3 Å². The highest BCUT2D eigenvalue weighted by Crippen LogP contribution is 2.54. The van der Waals surface area contributed by atoms with E-state index in [2.05, 4.69) is 9.44 Å². The van der Waals surface area contributed by atoms with Crippen LogP contribution in [0.3, 0.4) is 0 Å². The van der Waals surface area contributed by atoms with E-state index < -0.39 is 29.3 Å². The molecule has 1 unspecified atom stereocenters. The molecule has 0 aliphatic rings. The fourth-order valence-corrected chi connectivity index (χ4v) is 3.99. The third-order valence-corrected chi connectivity index (χ3v) is 6.11. The predicted molar refractivity (Wildman–Crippen MR) is 88.3 cm³/mol. The molecule has 0 spiro atoms. The van der Waals surface area contributed by atoms with Crippen LogP contribution >= 0.6 is 7.60 Å². The number of nitrogens with zero attached hydrogens (tertiary/aromatic N) is 1. The molecular formula is C14H21FNO6PS. The van der Waals surface area contributed by atoms with Gasteiger partial charge in [-0.05, 0) is 39.8 Å². The van der Waals surface area contributed by atoms with Crippen LogP contribution in [0.15, 0.2) is 34.3 Å². The Labute approximate surface area is 141 Å². The van der Waals surface area contributed by atoms with E-state index >= 15 is 0 Å². The highest BCUT2D eigenvalue weighted by Gasteiger charge is 2.38. The molecule has 0 saturated carbocycles. The van der Waals surface area contributed by atoms with Gasteiger partial charge in [0.05, 0.1) is 13.2 Å². The van der Waals surface area contributed by atoms with Crippen LogP contribution in [0.25, 0.3) is 0 Å². The van der Waals surface area contributed by atoms with Crippen molar-refractivity contribution in [2.45, 2.75) is 38.5 Å². The van der Waals surface area contributed by atoms with Gasteiger partial charge in [0.25, 0.3) is 0 Å². The molecule has 0 aliphatic heterocycles. The molecule has 24 heavy (non-hydrogen) atoms. The maximum atomic E-state index is 14.3. The lowest BCUT2D eigenvalue weighted by Gasteiger charge is -2.19. The topological polar surface area (TPSA) is 91.3 Å². The summed E-state index contributed by atoms with van der Waals surface area (Å²) in [6.07, 6.45) is 0. The highest BCUT2D eigenvalue weighted by atomic mass is 32.2. The van der Waals surface area contributed by atoms with E-state index in [0.29, 0.717) is 0 Å². The van der Waals surface area contributed by atoms with Gasteiger partial charge < -0.3 is 9.05 Å². The third kappa shape index (κ3) is 5.37. The summed E-state index contributed by atoms with van der Waals surface area (Å²) in [5.41, 5.74) is 0.405. The maximum absolute atomic E-state index is 14.3. The quantitative estimate of drug-likeness (QED) is 0.368. The van der Waals surface area contributed by atoms with E-state index in [9.17, 15) is 17.4 Å². The summed E-state index contributed by atoms with van der Waals surface area (Å²) in [6, 6.07) is 5.85. The van der Waals surface area contributed by atoms with Crippen LogP contribution in [0, 0.1) is 6.92 Å². The Balaban J connectivity index is 2.95. The number of hydrogen-bond donors (Lipinski definition) is 0. The van der Waals surface area contributed by atoms with Crippen LogP contribution in [0.4, 0.5) is 4.39 Å². The second kappa shape index (κ2) is 8.71. The van der Waals surface area contributed by atoms with Crippen LogP contribution in [0.2, 0.25) is 0 Å². The molecule has 136 valence electrons. The second-order valence-electron chi connectivity index (χ2n) is 4.79. The van der Waals surface area contributed by atoms with Gasteiger partial charge in [-0.1, -0.05) is 22.9 Å². The molecule has 0 radical (unpaired) electrons. The Morgan fingerprint density at radius 2 is 1.71 bits per heavy atom. The van der Waals surface area contributed by atoms with Gasteiger partial charge in [0, 0.05) is 0 Å². The van der Waals surface area contributed by atoms with E-state index in [-0.39, 0.29) is 18.1 Å². The Hall–Kier alpha value is -1.28. The number of oxime groups is 1. The molecule has 0 saturated heterocycles. The first-order valence-corrected chi connectivity index (χ1v) is 10.3. The molecular weight excluding hydrogens is 360 g/mol. The molecule has 0 aliphatic carbocycles. The van der Waals surface area contributed by atoms with Gasteiger partial charge in [-0.3, -0.25) is 8.85 Å². The summed E-state index contributed by atoms with van der Waals surface area (Å²) in [5.74, 6) is -2.23. The summed E-state index contributed by atoms with van der Waals surface area (Å²) in [6.45, 7) is 5.93. The summed E-state index contributed by atoms with van der Waals surface area (Å²) >= 11 is 0. The van der Waals surface area contributed by atoms with Crippen molar-refractivity contribution in [1.82, 2.24) is 0 Å². The minimum atomic E-state index is -4.20. The minimum absolute atomic E-state index is 0.0342. The standard InChI is InChI=1S/C14H21FNO6PS/c1-5-20-23(17,21-6-2)14(15)12(4)16-22-24(18,19)13-9-7-11(3)8-10-13/h7-10,14H,5-6H2,1-4H3/b16-12+. The molecule has 0 bridgehead atoms. The van der Waals surface area contributed by atoms with Crippen molar-refractivity contribution in [3.05, 3.63) is 29.8 Å². The van der Waals surface area contributed by atoms with Crippen molar-refractivity contribution in [3.8, 4) is 0 Å². The molecule has 1 aromatic carbocycles. The fraction of sp³-hybridized carbons (Fsp3) is 0.500. The van der Waals surface area contributed by atoms with Gasteiger partial charge >= 0.3 is 17.7 Å². The lowest BCUT2D eigenvalue weighted by Crippen LogP contribution is -2.18. The maximum Gasteiger partial charge on any atom is 0.370 e. The number of halogens is 1. The number of rotatable bonds is 9. The molecule has 7 nitrogen and oxygen atoms in total. The zero-order valence-electron chi connectivity index (χ0n) is 13.9. The first-order valence-electron chi connectivity index (χ1n) is 7.24. The van der Waals surface area contributed by atoms with Crippen molar-refractivity contribution in [2.75, 3.05) is 13.2 Å². The van der Waals surface area contributed by atoms with Crippen molar-refractivity contribution >= 4 is 23.4 Å². The molecule has 1 atom stereocenters. The SMILES string of the molecule is CCOP(=O)(OCC)C(F)/C(C)=N/OS(=O)(=O)c1ccc(C)cc1. The molecule has 0 amide bonds. The Bertz CT molecular complexity index is 709. The van der Waals surface area contributed by atoms with Crippen molar-refractivity contribution in [1.29, 1.82) is 0 Å². The molecule has 10 heteroatoms. The smallest absolute Gasteiger partial charge is 0.307 e. The van der Waals surface area contributed by atoms with Gasteiger partial charge in [-0.25, -0.2) is 4.39 Å². The Morgan fingerprint density at radius 3 is 2.17 bits per heavy atom. The van der Waals surface area contributed by atoms with Gasteiger partial charge in [0.15, 0.2) is 0 Å². The molecule has 1 rings (SSSR count). The summed E-state index contributed by atoms with van der Waals surface area (Å²) in [5, 5.41) is 3.25. The lowest BCUT2D eigenvalue weighted by molar-refractivity contribution is 0.201. The highest BCUT2D eigenvalue weighted by molar-refractivity contribution is 7.86. The molecule has 0 heterocycles. The van der Waals surface area contributed by atoms with E-state index in [0.717, 1.165) is 12.5 Å². The van der Waals surface area contributed by atoms with E-state index in [1.165, 1.54) is 26.0 Å². The number of alkyl halides is 1. The van der Waals surface area contributed by atoms with Crippen molar-refractivity contribution in [3.63, 3.8) is 0 Å². The van der Waals surface area contributed by atoms with E-state index in [1.807, 2.05) is 0 Å². The predicted octanol–water partition coefficient (Wildman–Crippen LogP) is 3.64. The minimum Gasteiger partial charge on any atom is -0.307 e. The van der Waals surface area contributed by atoms with Crippen molar-refractivity contribution in [2.24, 2.45) is 5.16 Å². The zero-order valence-corrected chi connectivity index (χ0v) is 15.6. The Kier molecular flexibility index (Phi) is 7.54. The van der Waals surface area contributed by atoms with E-state index in [4.69, 9.17) is 9.05 Å². The second-order valence-corrected chi connectivity index (χ2v) is 8.36. The monoisotopic (exact) mass is 381 g/mol. The number of aryl methyl sites for hydroxylation is 1. The lowest BCUT2D eigenvalue weighted by atomic mass is 10.2. The van der Waals surface area contributed by atoms with Crippen LogP contribution in [-0.2, 0) is 28.0 Å². The zero-order chi connectivity index (χ0) is 18.4. The van der Waals surface area contributed by atoms with Crippen molar-refractivity contribution < 1.29 is 30.7 Å². The van der Waals surface area contributed by atoms with Crippen LogP contribution in [0.1, 0.15) is 26.3 Å².